The summed E-state index contributed by atoms with van der Waals surface area (Å²) in [6.45, 7) is 0.0201. The molecule has 2 aromatic carbocycles. The summed E-state index contributed by atoms with van der Waals surface area (Å²) in [6.07, 6.45) is 0. The number of nitriles is 1. The predicted molar refractivity (Wildman–Crippen MR) is 66.9 cm³/mol. The molecule has 96 valence electrons. The molecule has 0 aliphatic rings. The fourth-order valence-corrected chi connectivity index (χ4v) is 1.73. The van der Waals surface area contributed by atoms with Gasteiger partial charge in [-0.05, 0) is 29.8 Å². The van der Waals surface area contributed by atoms with Gasteiger partial charge in [0.15, 0.2) is 11.6 Å². The smallest absolute Gasteiger partial charge is 0.159 e. The second-order valence-electron chi connectivity index (χ2n) is 3.76. The van der Waals surface area contributed by atoms with Crippen molar-refractivity contribution in [3.8, 4) is 11.8 Å². The first-order chi connectivity index (χ1) is 9.11. The highest BCUT2D eigenvalue weighted by Gasteiger charge is 2.08. The van der Waals surface area contributed by atoms with Crippen LogP contribution in [0.3, 0.4) is 0 Å². The molecule has 2 nitrogen and oxygen atoms in total. The second kappa shape index (κ2) is 5.68. The van der Waals surface area contributed by atoms with Crippen molar-refractivity contribution in [2.75, 3.05) is 0 Å². The van der Waals surface area contributed by atoms with Gasteiger partial charge in [0.1, 0.15) is 24.0 Å². The van der Waals surface area contributed by atoms with E-state index in [1.165, 1.54) is 6.07 Å². The van der Waals surface area contributed by atoms with Crippen LogP contribution in [0.1, 0.15) is 11.1 Å². The molecule has 0 saturated heterocycles. The van der Waals surface area contributed by atoms with Crippen molar-refractivity contribution in [2.24, 2.45) is 0 Å². The third-order valence-corrected chi connectivity index (χ3v) is 2.78. The highest BCUT2D eigenvalue weighted by molar-refractivity contribution is 6.31. The van der Waals surface area contributed by atoms with Crippen LogP contribution in [0.25, 0.3) is 0 Å². The SMILES string of the molecule is N#Cc1c(Cl)cccc1OCc1ccc(F)c(F)c1. The Bertz CT molecular complexity index is 652. The van der Waals surface area contributed by atoms with E-state index in [0.717, 1.165) is 12.1 Å². The molecule has 0 heterocycles. The molecule has 5 heteroatoms. The lowest BCUT2D eigenvalue weighted by Crippen LogP contribution is -1.99. The van der Waals surface area contributed by atoms with Gasteiger partial charge in [-0.1, -0.05) is 23.7 Å². The summed E-state index contributed by atoms with van der Waals surface area (Å²) in [5.41, 5.74) is 0.675. The van der Waals surface area contributed by atoms with Crippen molar-refractivity contribution in [3.05, 3.63) is 64.2 Å². The van der Waals surface area contributed by atoms with Crippen LogP contribution in [0, 0.1) is 23.0 Å². The van der Waals surface area contributed by atoms with Crippen LogP contribution in [-0.2, 0) is 6.61 Å². The number of hydrogen-bond acceptors (Lipinski definition) is 2. The molecule has 0 unspecified atom stereocenters. The molecule has 0 bridgehead atoms. The maximum atomic E-state index is 13.0. The van der Waals surface area contributed by atoms with Crippen LogP contribution in [0.5, 0.6) is 5.75 Å². The Morgan fingerprint density at radius 1 is 1.16 bits per heavy atom. The Kier molecular flexibility index (Phi) is 3.98. The lowest BCUT2D eigenvalue weighted by molar-refractivity contribution is 0.304. The molecule has 0 aliphatic heterocycles. The number of benzene rings is 2. The highest BCUT2D eigenvalue weighted by Crippen LogP contribution is 2.26. The van der Waals surface area contributed by atoms with Crippen LogP contribution >= 0.6 is 11.6 Å². The van der Waals surface area contributed by atoms with E-state index in [9.17, 15) is 8.78 Å². The van der Waals surface area contributed by atoms with Gasteiger partial charge in [-0.15, -0.1) is 0 Å². The van der Waals surface area contributed by atoms with Gasteiger partial charge in [0.25, 0.3) is 0 Å². The number of rotatable bonds is 3. The second-order valence-corrected chi connectivity index (χ2v) is 4.17. The van der Waals surface area contributed by atoms with Gasteiger partial charge in [0.05, 0.1) is 5.02 Å². The molecule has 2 rings (SSSR count). The molecule has 19 heavy (non-hydrogen) atoms. The zero-order chi connectivity index (χ0) is 13.8. The normalized spacial score (nSPS) is 10.0. The highest BCUT2D eigenvalue weighted by atomic mass is 35.5. The van der Waals surface area contributed by atoms with Crippen molar-refractivity contribution < 1.29 is 13.5 Å². The Morgan fingerprint density at radius 2 is 1.95 bits per heavy atom. The van der Waals surface area contributed by atoms with Crippen LogP contribution in [0.2, 0.25) is 5.02 Å². The third kappa shape index (κ3) is 3.01. The standard InChI is InChI=1S/C14H8ClF2NO/c15-11-2-1-3-14(10(11)7-18)19-8-9-4-5-12(16)13(17)6-9/h1-6H,8H2. The maximum absolute atomic E-state index is 13.0. The van der Waals surface area contributed by atoms with E-state index in [4.69, 9.17) is 21.6 Å². The van der Waals surface area contributed by atoms with Crippen molar-refractivity contribution in [1.82, 2.24) is 0 Å². The summed E-state index contributed by atoms with van der Waals surface area (Å²) in [4.78, 5) is 0. The minimum atomic E-state index is -0.937. The minimum absolute atomic E-state index is 0.0201. The average molecular weight is 280 g/mol. The predicted octanol–water partition coefficient (Wildman–Crippen LogP) is 4.07. The summed E-state index contributed by atoms with van der Waals surface area (Å²) >= 11 is 5.85. The van der Waals surface area contributed by atoms with Gasteiger partial charge >= 0.3 is 0 Å². The molecule has 0 spiro atoms. The average Bonchev–Trinajstić information content (AvgIpc) is 2.40. The number of nitrogens with zero attached hydrogens (tertiary/aromatic N) is 1. The molecule has 2 aromatic rings. The fraction of sp³-hybridized carbons (Fsp3) is 0.0714. The first-order valence-electron chi connectivity index (χ1n) is 5.37. The van der Waals surface area contributed by atoms with E-state index >= 15 is 0 Å². The molecular weight excluding hydrogens is 272 g/mol. The van der Waals surface area contributed by atoms with Gasteiger partial charge in [-0.25, -0.2) is 8.78 Å². The van der Waals surface area contributed by atoms with Gasteiger partial charge in [-0.2, -0.15) is 5.26 Å². The Morgan fingerprint density at radius 3 is 2.63 bits per heavy atom. The Labute approximate surface area is 113 Å². The molecule has 0 amide bonds. The van der Waals surface area contributed by atoms with E-state index in [1.807, 2.05) is 6.07 Å². The van der Waals surface area contributed by atoms with Gasteiger partial charge < -0.3 is 4.74 Å². The lowest BCUT2D eigenvalue weighted by Gasteiger charge is -2.08. The zero-order valence-corrected chi connectivity index (χ0v) is 10.4. The molecule has 0 saturated carbocycles. The third-order valence-electron chi connectivity index (χ3n) is 2.47. The van der Waals surface area contributed by atoms with E-state index in [0.29, 0.717) is 11.3 Å². The number of ether oxygens (including phenoxy) is 1. The molecule has 0 atom stereocenters. The maximum Gasteiger partial charge on any atom is 0.159 e. The van der Waals surface area contributed by atoms with Gasteiger partial charge in [0.2, 0.25) is 0 Å². The van der Waals surface area contributed by atoms with Crippen molar-refractivity contribution >= 4 is 11.6 Å². The first kappa shape index (κ1) is 13.3. The fourth-order valence-electron chi connectivity index (χ4n) is 1.52. The van der Waals surface area contributed by atoms with Crippen LogP contribution in [0.15, 0.2) is 36.4 Å². The van der Waals surface area contributed by atoms with Crippen molar-refractivity contribution in [3.63, 3.8) is 0 Å². The Hall–Kier alpha value is -2.12. The molecule has 0 N–H and O–H groups in total. The van der Waals surface area contributed by atoms with Crippen LogP contribution in [-0.4, -0.2) is 0 Å². The zero-order valence-electron chi connectivity index (χ0n) is 9.66. The molecule has 0 radical (unpaired) electrons. The monoisotopic (exact) mass is 279 g/mol. The summed E-state index contributed by atoms with van der Waals surface area (Å²) in [5.74, 6) is -1.54. The van der Waals surface area contributed by atoms with Gasteiger partial charge in [0, 0.05) is 0 Å². The topological polar surface area (TPSA) is 33.0 Å². The van der Waals surface area contributed by atoms with Crippen molar-refractivity contribution in [2.45, 2.75) is 6.61 Å². The molecule has 0 aromatic heterocycles. The summed E-state index contributed by atoms with van der Waals surface area (Å²) in [6, 6.07) is 10.2. The summed E-state index contributed by atoms with van der Waals surface area (Å²) in [7, 11) is 0. The molecule has 0 fully saturated rings. The van der Waals surface area contributed by atoms with E-state index in [-0.39, 0.29) is 17.2 Å². The Balaban J connectivity index is 2.17. The van der Waals surface area contributed by atoms with Crippen LogP contribution in [0.4, 0.5) is 8.78 Å². The number of halogens is 3. The quantitative estimate of drug-likeness (QED) is 0.848. The van der Waals surface area contributed by atoms with E-state index in [2.05, 4.69) is 0 Å². The molecular formula is C14H8ClF2NO. The summed E-state index contributed by atoms with van der Waals surface area (Å²) in [5, 5.41) is 9.24. The van der Waals surface area contributed by atoms with E-state index in [1.54, 1.807) is 18.2 Å². The minimum Gasteiger partial charge on any atom is -0.487 e. The van der Waals surface area contributed by atoms with Crippen molar-refractivity contribution in [1.29, 1.82) is 5.26 Å². The van der Waals surface area contributed by atoms with Gasteiger partial charge in [-0.3, -0.25) is 0 Å². The molecule has 0 aliphatic carbocycles. The lowest BCUT2D eigenvalue weighted by atomic mass is 10.2. The van der Waals surface area contributed by atoms with Crippen LogP contribution < -0.4 is 4.74 Å². The number of hydrogen-bond donors (Lipinski definition) is 0. The largest absolute Gasteiger partial charge is 0.487 e. The van der Waals surface area contributed by atoms with E-state index < -0.39 is 11.6 Å². The summed E-state index contributed by atoms with van der Waals surface area (Å²) < 4.78 is 31.2. The first-order valence-corrected chi connectivity index (χ1v) is 5.75.